The Morgan fingerprint density at radius 1 is 1.41 bits per heavy atom. The van der Waals surface area contributed by atoms with Gasteiger partial charge in [0, 0.05) is 26.2 Å². The number of rotatable bonds is 4. The van der Waals surface area contributed by atoms with Crippen molar-refractivity contribution in [1.29, 1.82) is 0 Å². The van der Waals surface area contributed by atoms with Gasteiger partial charge in [-0.05, 0) is 26.8 Å². The first kappa shape index (κ1) is 12.8. The van der Waals surface area contributed by atoms with Crippen LogP contribution in [0, 0.1) is 0 Å². The predicted octanol–water partition coefficient (Wildman–Crippen LogP) is 0.00230. The highest BCUT2D eigenvalue weighted by Gasteiger charge is 2.33. The van der Waals surface area contributed by atoms with Crippen LogP contribution < -0.4 is 5.32 Å². The van der Waals surface area contributed by atoms with Crippen LogP contribution in [-0.4, -0.2) is 62.4 Å². The molecule has 5 nitrogen and oxygen atoms in total. The lowest BCUT2D eigenvalue weighted by molar-refractivity contribution is -0.165. The molecule has 0 amide bonds. The lowest BCUT2D eigenvalue weighted by Crippen LogP contribution is -2.59. The van der Waals surface area contributed by atoms with E-state index in [1.807, 2.05) is 6.92 Å². The zero-order valence-corrected chi connectivity index (χ0v) is 10.7. The molecule has 98 valence electrons. The van der Waals surface area contributed by atoms with Crippen molar-refractivity contribution >= 4 is 5.97 Å². The van der Waals surface area contributed by atoms with Crippen LogP contribution >= 0.6 is 0 Å². The molecule has 2 fully saturated rings. The molecule has 2 aliphatic heterocycles. The lowest BCUT2D eigenvalue weighted by Gasteiger charge is -2.38. The molecule has 2 aliphatic rings. The highest BCUT2D eigenvalue weighted by atomic mass is 16.6. The van der Waals surface area contributed by atoms with Gasteiger partial charge in [-0.2, -0.15) is 0 Å². The van der Waals surface area contributed by atoms with Gasteiger partial charge < -0.3 is 19.7 Å². The normalized spacial score (nSPS) is 25.3. The standard InChI is InChI=1S/C12H22N2O3/c1-12(8-13-9-12)16-7-11(15)17-10-3-5-14(2)6-4-10/h10,13H,3-9H2,1-2H3. The Morgan fingerprint density at radius 2 is 2.06 bits per heavy atom. The summed E-state index contributed by atoms with van der Waals surface area (Å²) < 4.78 is 10.9. The monoisotopic (exact) mass is 242 g/mol. The van der Waals surface area contributed by atoms with E-state index in [-0.39, 0.29) is 24.3 Å². The third kappa shape index (κ3) is 3.66. The van der Waals surface area contributed by atoms with Crippen molar-refractivity contribution in [3.63, 3.8) is 0 Å². The van der Waals surface area contributed by atoms with Crippen LogP contribution in [0.5, 0.6) is 0 Å². The number of carbonyl (C=O) groups excluding carboxylic acids is 1. The number of hydrogen-bond acceptors (Lipinski definition) is 5. The zero-order chi connectivity index (χ0) is 12.3. The van der Waals surface area contributed by atoms with Crippen LogP contribution in [0.25, 0.3) is 0 Å². The number of hydrogen-bond donors (Lipinski definition) is 1. The fraction of sp³-hybridized carbons (Fsp3) is 0.917. The first-order valence-electron chi connectivity index (χ1n) is 6.30. The molecule has 0 aromatic heterocycles. The van der Waals surface area contributed by atoms with Crippen LogP contribution in [-0.2, 0) is 14.3 Å². The van der Waals surface area contributed by atoms with E-state index in [9.17, 15) is 4.79 Å². The minimum absolute atomic E-state index is 0.0739. The topological polar surface area (TPSA) is 50.8 Å². The van der Waals surface area contributed by atoms with Crippen molar-refractivity contribution in [2.24, 2.45) is 0 Å². The summed E-state index contributed by atoms with van der Waals surface area (Å²) in [5.74, 6) is -0.229. The summed E-state index contributed by atoms with van der Waals surface area (Å²) in [6.45, 7) is 5.71. The van der Waals surface area contributed by atoms with E-state index >= 15 is 0 Å². The largest absolute Gasteiger partial charge is 0.461 e. The Kier molecular flexibility index (Phi) is 4.01. The number of likely N-dealkylation sites (tertiary alicyclic amines) is 1. The van der Waals surface area contributed by atoms with E-state index in [2.05, 4.69) is 17.3 Å². The number of piperidine rings is 1. The molecule has 0 atom stereocenters. The van der Waals surface area contributed by atoms with Gasteiger partial charge in [-0.15, -0.1) is 0 Å². The van der Waals surface area contributed by atoms with E-state index in [1.54, 1.807) is 0 Å². The van der Waals surface area contributed by atoms with Crippen LogP contribution in [0.3, 0.4) is 0 Å². The molecule has 0 aromatic rings. The van der Waals surface area contributed by atoms with Gasteiger partial charge in [0.2, 0.25) is 0 Å². The second kappa shape index (κ2) is 5.33. The Labute approximate surface area is 102 Å². The predicted molar refractivity (Wildman–Crippen MR) is 63.8 cm³/mol. The Morgan fingerprint density at radius 3 is 2.59 bits per heavy atom. The summed E-state index contributed by atoms with van der Waals surface area (Å²) in [4.78, 5) is 13.9. The second-order valence-electron chi connectivity index (χ2n) is 5.33. The van der Waals surface area contributed by atoms with Gasteiger partial charge in [0.05, 0.1) is 5.60 Å². The number of carbonyl (C=O) groups is 1. The molecule has 2 rings (SSSR count). The summed E-state index contributed by atoms with van der Waals surface area (Å²) in [5.41, 5.74) is -0.175. The average molecular weight is 242 g/mol. The molecule has 0 aliphatic carbocycles. The quantitative estimate of drug-likeness (QED) is 0.703. The van der Waals surface area contributed by atoms with E-state index in [1.165, 1.54) is 0 Å². The van der Waals surface area contributed by atoms with Gasteiger partial charge in [-0.1, -0.05) is 0 Å². The minimum Gasteiger partial charge on any atom is -0.461 e. The third-order valence-electron chi connectivity index (χ3n) is 3.50. The molecule has 0 bridgehead atoms. The highest BCUT2D eigenvalue weighted by molar-refractivity contribution is 5.71. The molecular weight excluding hydrogens is 220 g/mol. The van der Waals surface area contributed by atoms with Crippen molar-refractivity contribution in [3.05, 3.63) is 0 Å². The van der Waals surface area contributed by atoms with Crippen molar-refractivity contribution in [2.45, 2.75) is 31.5 Å². The molecule has 0 aromatic carbocycles. The SMILES string of the molecule is CN1CCC(OC(=O)COC2(C)CNC2)CC1. The Balaban J connectivity index is 1.63. The molecule has 0 radical (unpaired) electrons. The fourth-order valence-electron chi connectivity index (χ4n) is 2.13. The van der Waals surface area contributed by atoms with Gasteiger partial charge >= 0.3 is 5.97 Å². The smallest absolute Gasteiger partial charge is 0.332 e. The number of nitrogens with zero attached hydrogens (tertiary/aromatic N) is 1. The van der Waals surface area contributed by atoms with Crippen molar-refractivity contribution in [1.82, 2.24) is 10.2 Å². The first-order valence-corrected chi connectivity index (χ1v) is 6.30. The molecule has 5 heteroatoms. The maximum absolute atomic E-state index is 11.6. The van der Waals surface area contributed by atoms with Crippen LogP contribution in [0.1, 0.15) is 19.8 Å². The van der Waals surface area contributed by atoms with Gasteiger partial charge in [-0.25, -0.2) is 4.79 Å². The summed E-state index contributed by atoms with van der Waals surface area (Å²) >= 11 is 0. The van der Waals surface area contributed by atoms with E-state index in [0.717, 1.165) is 39.0 Å². The van der Waals surface area contributed by atoms with Gasteiger partial charge in [0.1, 0.15) is 12.7 Å². The number of nitrogens with one attached hydrogen (secondary N) is 1. The number of ether oxygens (including phenoxy) is 2. The maximum atomic E-state index is 11.6. The summed E-state index contributed by atoms with van der Waals surface area (Å²) in [6.07, 6.45) is 1.94. The average Bonchev–Trinajstić information content (AvgIpc) is 2.27. The summed E-state index contributed by atoms with van der Waals surface area (Å²) in [5, 5.41) is 3.13. The number of esters is 1. The summed E-state index contributed by atoms with van der Waals surface area (Å²) in [7, 11) is 2.09. The maximum Gasteiger partial charge on any atom is 0.332 e. The lowest BCUT2D eigenvalue weighted by atomic mass is 10.0. The Bertz CT molecular complexity index is 271. The molecule has 0 unspecified atom stereocenters. The molecule has 2 saturated heterocycles. The van der Waals surface area contributed by atoms with Crippen molar-refractivity contribution < 1.29 is 14.3 Å². The van der Waals surface area contributed by atoms with Crippen LogP contribution in [0.2, 0.25) is 0 Å². The third-order valence-corrected chi connectivity index (χ3v) is 3.50. The molecule has 17 heavy (non-hydrogen) atoms. The molecule has 2 heterocycles. The Hall–Kier alpha value is -0.650. The highest BCUT2D eigenvalue weighted by Crippen LogP contribution is 2.16. The molecule has 0 spiro atoms. The van der Waals surface area contributed by atoms with Gasteiger partial charge in [0.15, 0.2) is 0 Å². The molecular formula is C12H22N2O3. The molecule has 1 N–H and O–H groups in total. The fourth-order valence-corrected chi connectivity index (χ4v) is 2.13. The summed E-state index contributed by atoms with van der Waals surface area (Å²) in [6, 6.07) is 0. The van der Waals surface area contributed by atoms with Gasteiger partial charge in [-0.3, -0.25) is 0 Å². The second-order valence-corrected chi connectivity index (χ2v) is 5.33. The van der Waals surface area contributed by atoms with E-state index in [0.29, 0.717) is 0 Å². The van der Waals surface area contributed by atoms with Gasteiger partial charge in [0.25, 0.3) is 0 Å². The van der Waals surface area contributed by atoms with E-state index < -0.39 is 0 Å². The molecule has 0 saturated carbocycles. The minimum atomic E-state index is -0.229. The van der Waals surface area contributed by atoms with Crippen molar-refractivity contribution in [2.75, 3.05) is 39.8 Å². The van der Waals surface area contributed by atoms with Crippen molar-refractivity contribution in [3.8, 4) is 0 Å². The van der Waals surface area contributed by atoms with E-state index in [4.69, 9.17) is 9.47 Å². The van der Waals surface area contributed by atoms with Crippen LogP contribution in [0.4, 0.5) is 0 Å². The van der Waals surface area contributed by atoms with Crippen LogP contribution in [0.15, 0.2) is 0 Å². The first-order chi connectivity index (χ1) is 8.07. The zero-order valence-electron chi connectivity index (χ0n) is 10.7.